The van der Waals surface area contributed by atoms with Crippen molar-refractivity contribution in [2.75, 3.05) is 26.6 Å². The van der Waals surface area contributed by atoms with Crippen molar-refractivity contribution >= 4 is 16.1 Å². The molecular weight excluding hydrogens is 308 g/mol. The van der Waals surface area contributed by atoms with Gasteiger partial charge in [0.05, 0.1) is 26.6 Å². The molecule has 0 aliphatic heterocycles. The third-order valence-electron chi connectivity index (χ3n) is 3.00. The van der Waals surface area contributed by atoms with Crippen LogP contribution in [-0.4, -0.2) is 41.0 Å². The second-order valence-electron chi connectivity index (χ2n) is 4.89. The van der Waals surface area contributed by atoms with Crippen molar-refractivity contribution in [2.45, 2.75) is 26.2 Å². The van der Waals surface area contributed by atoms with Gasteiger partial charge in [-0.2, -0.15) is 8.42 Å². The largest absolute Gasteiger partial charge is 0.493 e. The first-order valence-electron chi connectivity index (χ1n) is 6.95. The van der Waals surface area contributed by atoms with E-state index in [1.54, 1.807) is 0 Å². The monoisotopic (exact) mass is 330 g/mol. The summed E-state index contributed by atoms with van der Waals surface area (Å²) in [6.45, 7) is 2.43. The van der Waals surface area contributed by atoms with Crippen molar-refractivity contribution in [1.29, 1.82) is 0 Å². The molecule has 0 bridgehead atoms. The van der Waals surface area contributed by atoms with Gasteiger partial charge < -0.3 is 9.47 Å². The molecule has 1 aromatic rings. The standard InChI is InChI=1S/C15H22O6S/c1-12-11-14(20-9-4-10-21-22(3,17)18)7-5-13(12)6-8-15(16)19-2/h5,7,11H,4,6,8-10H2,1-3H3. The molecule has 0 amide bonds. The third-order valence-corrected chi connectivity index (χ3v) is 3.59. The molecule has 0 unspecified atom stereocenters. The van der Waals surface area contributed by atoms with Crippen molar-refractivity contribution in [1.82, 2.24) is 0 Å². The summed E-state index contributed by atoms with van der Waals surface area (Å²) in [5, 5.41) is 0. The molecule has 0 atom stereocenters. The Morgan fingerprint density at radius 1 is 1.23 bits per heavy atom. The maximum Gasteiger partial charge on any atom is 0.305 e. The topological polar surface area (TPSA) is 78.9 Å². The van der Waals surface area contributed by atoms with E-state index in [1.165, 1.54) is 7.11 Å². The maximum absolute atomic E-state index is 11.1. The molecule has 0 fully saturated rings. The van der Waals surface area contributed by atoms with E-state index in [9.17, 15) is 13.2 Å². The number of carbonyl (C=O) groups excluding carboxylic acids is 1. The molecule has 0 saturated carbocycles. The molecule has 0 aliphatic carbocycles. The van der Waals surface area contributed by atoms with Crippen LogP contribution in [0.4, 0.5) is 0 Å². The van der Waals surface area contributed by atoms with Crippen LogP contribution < -0.4 is 4.74 Å². The normalized spacial score (nSPS) is 11.2. The van der Waals surface area contributed by atoms with Crippen molar-refractivity contribution < 1.29 is 26.9 Å². The summed E-state index contributed by atoms with van der Waals surface area (Å²) in [7, 11) is -2.02. The van der Waals surface area contributed by atoms with E-state index in [-0.39, 0.29) is 12.6 Å². The minimum Gasteiger partial charge on any atom is -0.493 e. The molecular formula is C15H22O6S. The number of carbonyl (C=O) groups is 1. The second kappa shape index (κ2) is 8.75. The molecule has 124 valence electrons. The fourth-order valence-electron chi connectivity index (χ4n) is 1.84. The van der Waals surface area contributed by atoms with E-state index in [0.29, 0.717) is 31.6 Å². The van der Waals surface area contributed by atoms with E-state index in [0.717, 1.165) is 17.4 Å². The Labute approximate surface area is 131 Å². The lowest BCUT2D eigenvalue weighted by atomic mass is 10.0. The Bertz CT molecular complexity index is 594. The first-order chi connectivity index (χ1) is 10.3. The van der Waals surface area contributed by atoms with E-state index in [1.807, 2.05) is 25.1 Å². The van der Waals surface area contributed by atoms with Gasteiger partial charge in [0.15, 0.2) is 0 Å². The summed E-state index contributed by atoms with van der Waals surface area (Å²) < 4.78 is 36.3. The maximum atomic E-state index is 11.1. The van der Waals surface area contributed by atoms with Gasteiger partial charge >= 0.3 is 5.97 Å². The van der Waals surface area contributed by atoms with Crippen molar-refractivity contribution in [3.63, 3.8) is 0 Å². The summed E-state index contributed by atoms with van der Waals surface area (Å²) in [6, 6.07) is 5.64. The summed E-state index contributed by atoms with van der Waals surface area (Å²) in [5.74, 6) is 0.476. The van der Waals surface area contributed by atoms with Gasteiger partial charge in [-0.3, -0.25) is 8.98 Å². The number of hydrogen-bond acceptors (Lipinski definition) is 6. The van der Waals surface area contributed by atoms with Crippen LogP contribution in [0.1, 0.15) is 24.0 Å². The zero-order valence-electron chi connectivity index (χ0n) is 13.1. The second-order valence-corrected chi connectivity index (χ2v) is 6.54. The molecule has 0 radical (unpaired) electrons. The highest BCUT2D eigenvalue weighted by atomic mass is 32.2. The Balaban J connectivity index is 2.40. The SMILES string of the molecule is COC(=O)CCc1ccc(OCCCOS(C)(=O)=O)cc1C. The van der Waals surface area contributed by atoms with Crippen LogP contribution in [0.25, 0.3) is 0 Å². The molecule has 1 aromatic carbocycles. The van der Waals surface area contributed by atoms with E-state index < -0.39 is 10.1 Å². The number of esters is 1. The molecule has 0 saturated heterocycles. The van der Waals surface area contributed by atoms with Crippen molar-refractivity contribution in [3.05, 3.63) is 29.3 Å². The van der Waals surface area contributed by atoms with Crippen LogP contribution in [0.3, 0.4) is 0 Å². The quantitative estimate of drug-likeness (QED) is 0.390. The van der Waals surface area contributed by atoms with Gasteiger partial charge in [0.1, 0.15) is 5.75 Å². The Kier molecular flexibility index (Phi) is 7.34. The fraction of sp³-hybridized carbons (Fsp3) is 0.533. The Hall–Kier alpha value is -1.60. The molecule has 0 aliphatic rings. The molecule has 22 heavy (non-hydrogen) atoms. The summed E-state index contributed by atoms with van der Waals surface area (Å²) in [4.78, 5) is 11.1. The molecule has 0 N–H and O–H groups in total. The highest BCUT2D eigenvalue weighted by Crippen LogP contribution is 2.19. The molecule has 7 heteroatoms. The lowest BCUT2D eigenvalue weighted by Gasteiger charge is -2.10. The lowest BCUT2D eigenvalue weighted by Crippen LogP contribution is -2.08. The van der Waals surface area contributed by atoms with Crippen LogP contribution in [-0.2, 0) is 30.3 Å². The molecule has 0 heterocycles. The first-order valence-corrected chi connectivity index (χ1v) is 8.77. The summed E-state index contributed by atoms with van der Waals surface area (Å²) >= 11 is 0. The van der Waals surface area contributed by atoms with Crippen LogP contribution in [0.5, 0.6) is 5.75 Å². The predicted molar refractivity (Wildman–Crippen MR) is 82.4 cm³/mol. The smallest absolute Gasteiger partial charge is 0.305 e. The Morgan fingerprint density at radius 2 is 1.95 bits per heavy atom. The average molecular weight is 330 g/mol. The number of ether oxygens (including phenoxy) is 2. The highest BCUT2D eigenvalue weighted by Gasteiger charge is 2.06. The number of rotatable bonds is 9. The van der Waals surface area contributed by atoms with E-state index in [4.69, 9.17) is 4.74 Å². The lowest BCUT2D eigenvalue weighted by molar-refractivity contribution is -0.140. The van der Waals surface area contributed by atoms with Gasteiger partial charge in [0, 0.05) is 12.8 Å². The van der Waals surface area contributed by atoms with Crippen LogP contribution in [0.15, 0.2) is 18.2 Å². The number of aryl methyl sites for hydroxylation is 2. The summed E-state index contributed by atoms with van der Waals surface area (Å²) in [6.07, 6.45) is 2.47. The fourth-order valence-corrected chi connectivity index (χ4v) is 2.26. The van der Waals surface area contributed by atoms with Crippen LogP contribution >= 0.6 is 0 Å². The first kappa shape index (κ1) is 18.4. The summed E-state index contributed by atoms with van der Waals surface area (Å²) in [5.41, 5.74) is 2.10. The van der Waals surface area contributed by atoms with Crippen LogP contribution in [0.2, 0.25) is 0 Å². The van der Waals surface area contributed by atoms with Crippen LogP contribution in [0, 0.1) is 6.92 Å². The number of benzene rings is 1. The van der Waals surface area contributed by atoms with Crippen molar-refractivity contribution in [3.8, 4) is 5.75 Å². The minimum atomic E-state index is -3.39. The zero-order valence-corrected chi connectivity index (χ0v) is 13.9. The van der Waals surface area contributed by atoms with Crippen molar-refractivity contribution in [2.24, 2.45) is 0 Å². The molecule has 0 aromatic heterocycles. The highest BCUT2D eigenvalue weighted by molar-refractivity contribution is 7.85. The van der Waals surface area contributed by atoms with Gasteiger partial charge in [0.25, 0.3) is 10.1 Å². The molecule has 1 rings (SSSR count). The molecule has 0 spiro atoms. The van der Waals surface area contributed by atoms with Gasteiger partial charge in [-0.15, -0.1) is 0 Å². The van der Waals surface area contributed by atoms with Gasteiger partial charge in [0.2, 0.25) is 0 Å². The third kappa shape index (κ3) is 7.42. The average Bonchev–Trinajstić information content (AvgIpc) is 2.44. The molecule has 6 nitrogen and oxygen atoms in total. The van der Waals surface area contributed by atoms with Gasteiger partial charge in [-0.1, -0.05) is 6.07 Å². The number of hydrogen-bond donors (Lipinski definition) is 0. The number of methoxy groups -OCH3 is 1. The Morgan fingerprint density at radius 3 is 2.55 bits per heavy atom. The minimum absolute atomic E-state index is 0.106. The van der Waals surface area contributed by atoms with E-state index >= 15 is 0 Å². The van der Waals surface area contributed by atoms with E-state index in [2.05, 4.69) is 8.92 Å². The van der Waals surface area contributed by atoms with Gasteiger partial charge in [-0.05, 0) is 36.6 Å². The predicted octanol–water partition coefficient (Wildman–Crippen LogP) is 1.85. The van der Waals surface area contributed by atoms with Gasteiger partial charge in [-0.25, -0.2) is 0 Å². The zero-order chi connectivity index (χ0) is 16.6.